The summed E-state index contributed by atoms with van der Waals surface area (Å²) in [5.74, 6) is -2.72. The number of methoxy groups -OCH3 is 1. The van der Waals surface area contributed by atoms with Gasteiger partial charge in [0.15, 0.2) is 29.3 Å². The highest BCUT2D eigenvalue weighted by Gasteiger charge is 2.37. The molecule has 0 unspecified atom stereocenters. The Balaban J connectivity index is 1.78. The highest BCUT2D eigenvalue weighted by molar-refractivity contribution is 5.98. The predicted molar refractivity (Wildman–Crippen MR) is 155 cm³/mol. The summed E-state index contributed by atoms with van der Waals surface area (Å²) < 4.78 is 39.0. The second-order valence-corrected chi connectivity index (χ2v) is 9.97. The summed E-state index contributed by atoms with van der Waals surface area (Å²) in [5.41, 5.74) is 0.122. The molecule has 1 aromatic heterocycles. The van der Waals surface area contributed by atoms with E-state index >= 15 is 0 Å². The van der Waals surface area contributed by atoms with Crippen LogP contribution < -0.4 is 14.8 Å². The fourth-order valence-electron chi connectivity index (χ4n) is 4.36. The van der Waals surface area contributed by atoms with Crippen molar-refractivity contribution in [1.82, 2.24) is 10.3 Å². The number of carbonyl (C=O) groups is 4. The molecule has 1 fully saturated rings. The van der Waals surface area contributed by atoms with Gasteiger partial charge < -0.3 is 38.5 Å². The molecule has 2 aromatic rings. The van der Waals surface area contributed by atoms with Gasteiger partial charge in [-0.05, 0) is 25.5 Å². The highest BCUT2D eigenvalue weighted by atomic mass is 16.7. The number of nitrogens with zero attached hydrogens (tertiary/aromatic N) is 1. The summed E-state index contributed by atoms with van der Waals surface area (Å²) in [4.78, 5) is 54.9. The lowest BCUT2D eigenvalue weighted by molar-refractivity contribution is -0.169. The molecule has 1 aromatic carbocycles. The molecule has 13 heteroatoms. The maximum Gasteiger partial charge on any atom is 0.338 e. The monoisotopic (exact) mass is 616 g/mol. The number of aromatic nitrogens is 1. The first kappa shape index (κ1) is 34.3. The van der Waals surface area contributed by atoms with Crippen LogP contribution in [0.3, 0.4) is 0 Å². The summed E-state index contributed by atoms with van der Waals surface area (Å²) >= 11 is 0. The van der Waals surface area contributed by atoms with Crippen LogP contribution in [0.4, 0.5) is 0 Å². The van der Waals surface area contributed by atoms with Gasteiger partial charge >= 0.3 is 17.9 Å². The van der Waals surface area contributed by atoms with Crippen LogP contribution in [-0.2, 0) is 33.3 Å². The molecule has 0 aliphatic carbocycles. The molecule has 1 saturated heterocycles. The number of carbonyl (C=O) groups excluding carboxylic acids is 4. The number of hydrogen-bond donors (Lipinski definition) is 1. The van der Waals surface area contributed by atoms with Gasteiger partial charge in [-0.3, -0.25) is 9.59 Å². The number of hydrogen-bond acceptors (Lipinski definition) is 12. The Kier molecular flexibility index (Phi) is 13.8. The normalized spacial score (nSPS) is 20.5. The third-order valence-corrected chi connectivity index (χ3v) is 6.65. The second-order valence-electron chi connectivity index (χ2n) is 9.97. The summed E-state index contributed by atoms with van der Waals surface area (Å²) in [6.45, 7) is 4.79. The molecule has 240 valence electrons. The molecule has 0 radical (unpaired) electrons. The molecule has 44 heavy (non-hydrogen) atoms. The molecule has 0 spiro atoms. The van der Waals surface area contributed by atoms with E-state index in [0.29, 0.717) is 18.6 Å². The summed E-state index contributed by atoms with van der Waals surface area (Å²) in [5, 5.41) is 2.57. The molecular weight excluding hydrogens is 576 g/mol. The standard InChI is InChI=1S/C31H40N2O11/c1-5-6-10-16-40-25-14-17-39-18-23(31(37)43-20(2)27(25)44-30(36)22-11-8-7-9-12-22)33-29(35)26-28(42-19-41-21(3)34)24(38-4)13-15-32-26/h7-9,11-13,15,20,23,25,27H,5-6,10,14,16-19H2,1-4H3,(H,33,35)/t20-,23-,25-,27-/m0/s1. The second kappa shape index (κ2) is 17.8. The molecule has 3 rings (SSSR count). The highest BCUT2D eigenvalue weighted by Crippen LogP contribution is 2.30. The van der Waals surface area contributed by atoms with Crippen molar-refractivity contribution in [2.75, 3.05) is 33.7 Å². The lowest BCUT2D eigenvalue weighted by atomic mass is 10.0. The summed E-state index contributed by atoms with van der Waals surface area (Å²) in [6, 6.07) is 8.69. The lowest BCUT2D eigenvalue weighted by Gasteiger charge is -2.33. The number of benzene rings is 1. The number of cyclic esters (lactones) is 1. The van der Waals surface area contributed by atoms with E-state index < -0.39 is 55.0 Å². The van der Waals surface area contributed by atoms with Crippen molar-refractivity contribution in [3.8, 4) is 11.5 Å². The Morgan fingerprint density at radius 1 is 1.11 bits per heavy atom. The fraction of sp³-hybridized carbons (Fsp3) is 0.516. The van der Waals surface area contributed by atoms with Gasteiger partial charge in [0.05, 0.1) is 19.3 Å². The zero-order chi connectivity index (χ0) is 31.9. The van der Waals surface area contributed by atoms with Crippen molar-refractivity contribution >= 4 is 23.8 Å². The van der Waals surface area contributed by atoms with Crippen LogP contribution in [0.2, 0.25) is 0 Å². The number of ether oxygens (including phenoxy) is 7. The number of esters is 3. The van der Waals surface area contributed by atoms with Crippen LogP contribution >= 0.6 is 0 Å². The van der Waals surface area contributed by atoms with Crippen molar-refractivity contribution in [1.29, 1.82) is 0 Å². The fourth-order valence-corrected chi connectivity index (χ4v) is 4.36. The number of unbranched alkanes of at least 4 members (excludes halogenated alkanes) is 2. The minimum Gasteiger partial charge on any atom is -0.493 e. The molecule has 1 aliphatic rings. The maximum atomic E-state index is 13.3. The van der Waals surface area contributed by atoms with Gasteiger partial charge in [-0.1, -0.05) is 38.0 Å². The van der Waals surface area contributed by atoms with Gasteiger partial charge in [0, 0.05) is 38.8 Å². The number of rotatable bonds is 13. The minimum atomic E-state index is -1.24. The van der Waals surface area contributed by atoms with E-state index in [-0.39, 0.29) is 30.4 Å². The van der Waals surface area contributed by atoms with Crippen molar-refractivity contribution in [2.24, 2.45) is 0 Å². The Hall–Kier alpha value is -4.23. The molecule has 13 nitrogen and oxygen atoms in total. The Morgan fingerprint density at radius 2 is 1.89 bits per heavy atom. The Morgan fingerprint density at radius 3 is 2.59 bits per heavy atom. The third-order valence-electron chi connectivity index (χ3n) is 6.65. The molecule has 4 atom stereocenters. The van der Waals surface area contributed by atoms with Gasteiger partial charge in [0.2, 0.25) is 6.79 Å². The number of amides is 1. The molecule has 0 saturated carbocycles. The smallest absolute Gasteiger partial charge is 0.338 e. The first-order valence-electron chi connectivity index (χ1n) is 14.5. The third kappa shape index (κ3) is 10.2. The van der Waals surface area contributed by atoms with Crippen molar-refractivity contribution in [3.63, 3.8) is 0 Å². The molecule has 1 amide bonds. The molecule has 2 heterocycles. The lowest BCUT2D eigenvalue weighted by Crippen LogP contribution is -2.51. The van der Waals surface area contributed by atoms with Gasteiger partial charge in [-0.15, -0.1) is 0 Å². The van der Waals surface area contributed by atoms with Gasteiger partial charge in [-0.2, -0.15) is 0 Å². The van der Waals surface area contributed by atoms with Crippen LogP contribution in [-0.4, -0.2) is 86.9 Å². The van der Waals surface area contributed by atoms with Crippen molar-refractivity contribution in [3.05, 3.63) is 53.9 Å². The molecule has 1 N–H and O–H groups in total. The summed E-state index contributed by atoms with van der Waals surface area (Å²) in [7, 11) is 1.37. The average Bonchev–Trinajstić information content (AvgIpc) is 3.02. The van der Waals surface area contributed by atoms with E-state index in [0.717, 1.165) is 19.3 Å². The predicted octanol–water partition coefficient (Wildman–Crippen LogP) is 3.24. The van der Waals surface area contributed by atoms with Crippen molar-refractivity contribution in [2.45, 2.75) is 70.8 Å². The van der Waals surface area contributed by atoms with Crippen LogP contribution in [0, 0.1) is 0 Å². The molecule has 0 bridgehead atoms. The van der Waals surface area contributed by atoms with Crippen LogP contribution in [0.1, 0.15) is 67.3 Å². The Bertz CT molecular complexity index is 1240. The largest absolute Gasteiger partial charge is 0.493 e. The topological polar surface area (TPSA) is 158 Å². The van der Waals surface area contributed by atoms with Crippen molar-refractivity contribution < 1.29 is 52.3 Å². The Labute approximate surface area is 256 Å². The maximum absolute atomic E-state index is 13.3. The van der Waals surface area contributed by atoms with Gasteiger partial charge in [0.1, 0.15) is 12.2 Å². The van der Waals surface area contributed by atoms with E-state index in [1.807, 2.05) is 0 Å². The number of pyridine rings is 1. The molecular formula is C31H40N2O11. The van der Waals surface area contributed by atoms with E-state index in [9.17, 15) is 19.2 Å². The zero-order valence-electron chi connectivity index (χ0n) is 25.4. The van der Waals surface area contributed by atoms with E-state index in [4.69, 9.17) is 33.2 Å². The quantitative estimate of drug-likeness (QED) is 0.152. The average molecular weight is 617 g/mol. The number of nitrogens with one attached hydrogen (secondary N) is 1. The summed E-state index contributed by atoms with van der Waals surface area (Å²) in [6.07, 6.45) is 1.98. The van der Waals surface area contributed by atoms with Crippen LogP contribution in [0.25, 0.3) is 0 Å². The first-order chi connectivity index (χ1) is 21.2. The van der Waals surface area contributed by atoms with E-state index in [1.54, 1.807) is 37.3 Å². The van der Waals surface area contributed by atoms with Gasteiger partial charge in [0.25, 0.3) is 5.91 Å². The minimum absolute atomic E-state index is 0.0905. The molecule has 1 aliphatic heterocycles. The van der Waals surface area contributed by atoms with Crippen LogP contribution in [0.5, 0.6) is 11.5 Å². The van der Waals surface area contributed by atoms with Crippen LogP contribution in [0.15, 0.2) is 42.6 Å². The SMILES string of the molecule is CCCCCO[C@H]1CCOC[C@H](NC(=O)c2nccc(OC)c2OCOC(C)=O)C(=O)O[C@@H](C)[C@@H]1OC(=O)c1ccccc1. The van der Waals surface area contributed by atoms with E-state index in [2.05, 4.69) is 17.2 Å². The zero-order valence-corrected chi connectivity index (χ0v) is 25.4. The van der Waals surface area contributed by atoms with Gasteiger partial charge in [-0.25, -0.2) is 14.6 Å². The van der Waals surface area contributed by atoms with E-state index in [1.165, 1.54) is 26.3 Å². The first-order valence-corrected chi connectivity index (χ1v) is 14.5.